The number of aryl methyl sites for hydroxylation is 1. The van der Waals surface area contributed by atoms with Gasteiger partial charge in [-0.25, -0.2) is 5.10 Å². The van der Waals surface area contributed by atoms with Crippen LogP contribution in [0.2, 0.25) is 0 Å². The first-order valence-corrected chi connectivity index (χ1v) is 5.73. The maximum absolute atomic E-state index is 11.6. The summed E-state index contributed by atoms with van der Waals surface area (Å²) >= 11 is 0. The topological polar surface area (TPSA) is 89.6 Å². The molecule has 94 valence electrons. The third-order valence-corrected chi connectivity index (χ3v) is 2.37. The van der Waals surface area contributed by atoms with Crippen LogP contribution in [0.1, 0.15) is 39.3 Å². The summed E-state index contributed by atoms with van der Waals surface area (Å²) in [4.78, 5) is 11.6. The van der Waals surface area contributed by atoms with Crippen molar-refractivity contribution in [3.05, 3.63) is 16.0 Å². The highest BCUT2D eigenvalue weighted by atomic mass is 16.1. The first kappa shape index (κ1) is 13.2. The van der Waals surface area contributed by atoms with E-state index in [0.29, 0.717) is 16.7 Å². The normalized spacial score (nSPS) is 10.5. The zero-order valence-electron chi connectivity index (χ0n) is 10.9. The Kier molecular flexibility index (Phi) is 3.88. The van der Waals surface area contributed by atoms with E-state index < -0.39 is 0 Å². The quantitative estimate of drug-likeness (QED) is 0.784. The van der Waals surface area contributed by atoms with Gasteiger partial charge in [0.1, 0.15) is 5.52 Å². The van der Waals surface area contributed by atoms with Crippen LogP contribution in [0.15, 0.2) is 4.79 Å². The molecule has 6 nitrogen and oxygen atoms in total. The molecule has 2 aromatic heterocycles. The van der Waals surface area contributed by atoms with Gasteiger partial charge in [-0.05, 0) is 5.92 Å². The molecule has 0 spiro atoms. The van der Waals surface area contributed by atoms with E-state index in [0.717, 1.165) is 5.69 Å². The summed E-state index contributed by atoms with van der Waals surface area (Å²) in [6.45, 7) is 8.00. The Bertz CT molecular complexity index is 567. The molecule has 0 aliphatic heterocycles. The van der Waals surface area contributed by atoms with Gasteiger partial charge in [0.15, 0.2) is 5.82 Å². The molecule has 0 aliphatic carbocycles. The second-order valence-corrected chi connectivity index (χ2v) is 3.83. The number of hydrogen-bond acceptors (Lipinski definition) is 4. The van der Waals surface area contributed by atoms with Gasteiger partial charge in [-0.3, -0.25) is 9.48 Å². The summed E-state index contributed by atoms with van der Waals surface area (Å²) in [5.41, 5.74) is 6.77. The SMILES string of the molecule is CC.CC(C)c1nn(C)c2c(=O)[nH]nc(N)c12. The van der Waals surface area contributed by atoms with Crippen molar-refractivity contribution in [1.29, 1.82) is 0 Å². The number of fused-ring (bicyclic) bond motifs is 1. The molecule has 3 N–H and O–H groups in total. The molecule has 0 aliphatic rings. The third-order valence-electron chi connectivity index (χ3n) is 2.37. The van der Waals surface area contributed by atoms with Gasteiger partial charge in [0.2, 0.25) is 0 Å². The van der Waals surface area contributed by atoms with Gasteiger partial charge < -0.3 is 5.73 Å². The second kappa shape index (κ2) is 4.99. The van der Waals surface area contributed by atoms with Crippen LogP contribution in [0.25, 0.3) is 10.9 Å². The van der Waals surface area contributed by atoms with Crippen molar-refractivity contribution < 1.29 is 0 Å². The van der Waals surface area contributed by atoms with Crippen LogP contribution in [0, 0.1) is 0 Å². The number of nitrogen functional groups attached to an aromatic ring is 1. The highest BCUT2D eigenvalue weighted by Gasteiger charge is 2.17. The predicted molar refractivity (Wildman–Crippen MR) is 69.0 cm³/mol. The van der Waals surface area contributed by atoms with E-state index in [9.17, 15) is 4.79 Å². The zero-order valence-corrected chi connectivity index (χ0v) is 10.9. The Morgan fingerprint density at radius 3 is 2.47 bits per heavy atom. The van der Waals surface area contributed by atoms with Crippen LogP contribution >= 0.6 is 0 Å². The van der Waals surface area contributed by atoms with Gasteiger partial charge in [0.05, 0.1) is 11.1 Å². The maximum Gasteiger partial charge on any atom is 0.290 e. The summed E-state index contributed by atoms with van der Waals surface area (Å²) in [6.07, 6.45) is 0. The number of nitrogens with zero attached hydrogens (tertiary/aromatic N) is 3. The Labute approximate surface area is 99.8 Å². The lowest BCUT2D eigenvalue weighted by molar-refractivity contribution is 0.727. The predicted octanol–water partition coefficient (Wildman–Crippen LogP) is 1.39. The number of aromatic nitrogens is 4. The van der Waals surface area contributed by atoms with E-state index in [-0.39, 0.29) is 11.5 Å². The lowest BCUT2D eigenvalue weighted by Gasteiger charge is -2.00. The fraction of sp³-hybridized carbons (Fsp3) is 0.545. The van der Waals surface area contributed by atoms with Gasteiger partial charge in [-0.2, -0.15) is 10.2 Å². The number of H-pyrrole nitrogens is 1. The van der Waals surface area contributed by atoms with Crippen molar-refractivity contribution in [3.63, 3.8) is 0 Å². The number of anilines is 1. The third kappa shape index (κ3) is 2.15. The van der Waals surface area contributed by atoms with Crippen molar-refractivity contribution in [2.45, 2.75) is 33.6 Å². The Balaban J connectivity index is 0.000000686. The lowest BCUT2D eigenvalue weighted by atomic mass is 10.1. The Morgan fingerprint density at radius 2 is 1.94 bits per heavy atom. The van der Waals surface area contributed by atoms with Crippen LogP contribution in [-0.2, 0) is 7.05 Å². The molecule has 2 aromatic rings. The number of aromatic amines is 1. The molecule has 0 atom stereocenters. The standard InChI is InChI=1S/C9H13N5O.C2H6/c1-4(2)6-5-7(14(3)13-6)9(15)12-11-8(5)10;1-2/h4H,1-3H3,(H2,10,11)(H,12,15);1-2H3. The molecule has 0 fully saturated rings. The molecule has 6 heteroatoms. The summed E-state index contributed by atoms with van der Waals surface area (Å²) < 4.78 is 1.54. The number of nitrogens with two attached hydrogens (primary N) is 1. The molecule has 0 amide bonds. The minimum absolute atomic E-state index is 0.208. The van der Waals surface area contributed by atoms with E-state index >= 15 is 0 Å². The highest BCUT2D eigenvalue weighted by molar-refractivity contribution is 5.90. The van der Waals surface area contributed by atoms with Gasteiger partial charge in [-0.15, -0.1) is 0 Å². The minimum atomic E-state index is -0.263. The van der Waals surface area contributed by atoms with Crippen LogP contribution in [0.4, 0.5) is 5.82 Å². The Hall–Kier alpha value is -1.85. The molecule has 0 bridgehead atoms. The summed E-state index contributed by atoms with van der Waals surface area (Å²) in [5, 5.41) is 11.0. The summed E-state index contributed by atoms with van der Waals surface area (Å²) in [6, 6.07) is 0. The number of rotatable bonds is 1. The van der Waals surface area contributed by atoms with E-state index in [4.69, 9.17) is 5.73 Å². The molecular formula is C11H19N5O. The lowest BCUT2D eigenvalue weighted by Crippen LogP contribution is -2.13. The second-order valence-electron chi connectivity index (χ2n) is 3.83. The smallest absolute Gasteiger partial charge is 0.290 e. The average molecular weight is 237 g/mol. The van der Waals surface area contributed by atoms with Crippen molar-refractivity contribution in [2.24, 2.45) is 7.05 Å². The van der Waals surface area contributed by atoms with Gasteiger partial charge in [0, 0.05) is 7.05 Å². The molecule has 0 aromatic carbocycles. The molecule has 2 heterocycles. The molecule has 2 rings (SSSR count). The van der Waals surface area contributed by atoms with Crippen LogP contribution in [-0.4, -0.2) is 20.0 Å². The fourth-order valence-corrected chi connectivity index (χ4v) is 1.68. The molecule has 0 saturated carbocycles. The maximum atomic E-state index is 11.6. The van der Waals surface area contributed by atoms with Crippen molar-refractivity contribution in [1.82, 2.24) is 20.0 Å². The van der Waals surface area contributed by atoms with Crippen LogP contribution in [0.3, 0.4) is 0 Å². The average Bonchev–Trinajstić information content (AvgIpc) is 2.66. The van der Waals surface area contributed by atoms with Gasteiger partial charge in [-0.1, -0.05) is 27.7 Å². The minimum Gasteiger partial charge on any atom is -0.382 e. The van der Waals surface area contributed by atoms with Gasteiger partial charge >= 0.3 is 0 Å². The van der Waals surface area contributed by atoms with E-state index in [2.05, 4.69) is 15.3 Å². The molecule has 17 heavy (non-hydrogen) atoms. The molecule has 0 unspecified atom stereocenters. The van der Waals surface area contributed by atoms with E-state index in [1.165, 1.54) is 0 Å². The van der Waals surface area contributed by atoms with Crippen LogP contribution < -0.4 is 11.3 Å². The zero-order chi connectivity index (χ0) is 13.2. The first-order chi connectivity index (χ1) is 8.02. The van der Waals surface area contributed by atoms with Crippen molar-refractivity contribution in [2.75, 3.05) is 5.73 Å². The van der Waals surface area contributed by atoms with Crippen molar-refractivity contribution >= 4 is 16.7 Å². The fourth-order valence-electron chi connectivity index (χ4n) is 1.68. The monoisotopic (exact) mass is 237 g/mol. The molecule has 0 saturated heterocycles. The van der Waals surface area contributed by atoms with Crippen molar-refractivity contribution in [3.8, 4) is 0 Å². The number of nitrogens with one attached hydrogen (secondary N) is 1. The largest absolute Gasteiger partial charge is 0.382 e. The summed E-state index contributed by atoms with van der Waals surface area (Å²) in [5.74, 6) is 0.529. The number of hydrogen-bond donors (Lipinski definition) is 2. The van der Waals surface area contributed by atoms with Crippen LogP contribution in [0.5, 0.6) is 0 Å². The first-order valence-electron chi connectivity index (χ1n) is 5.73. The molecule has 0 radical (unpaired) electrons. The molecular weight excluding hydrogens is 218 g/mol. The van der Waals surface area contributed by atoms with E-state index in [1.54, 1.807) is 11.7 Å². The highest BCUT2D eigenvalue weighted by Crippen LogP contribution is 2.24. The van der Waals surface area contributed by atoms with Gasteiger partial charge in [0.25, 0.3) is 5.56 Å². The Morgan fingerprint density at radius 1 is 1.35 bits per heavy atom. The summed E-state index contributed by atoms with van der Waals surface area (Å²) in [7, 11) is 1.73. The van der Waals surface area contributed by atoms with E-state index in [1.807, 2.05) is 27.7 Å².